The first kappa shape index (κ1) is 11.5. The summed E-state index contributed by atoms with van der Waals surface area (Å²) in [7, 11) is 0. The number of rotatable bonds is 5. The highest BCUT2D eigenvalue weighted by Crippen LogP contribution is 2.14. The van der Waals surface area contributed by atoms with Crippen LogP contribution in [0.2, 0.25) is 0 Å². The standard InChI is InChI=1S/C10H19N3S/c1-4-8(3)13(5-2)6-9-7-14-10(11)12-9/h7-8H,4-6H2,1-3H3,(H2,11,12). The molecular formula is C10H19N3S. The minimum Gasteiger partial charge on any atom is -0.375 e. The molecule has 4 heteroatoms. The van der Waals surface area contributed by atoms with E-state index in [4.69, 9.17) is 5.73 Å². The summed E-state index contributed by atoms with van der Waals surface area (Å²) in [5.74, 6) is 0. The molecule has 0 aliphatic heterocycles. The molecule has 1 aromatic rings. The zero-order valence-electron chi connectivity index (χ0n) is 9.16. The zero-order valence-corrected chi connectivity index (χ0v) is 9.97. The predicted octanol–water partition coefficient (Wildman–Crippen LogP) is 2.35. The van der Waals surface area contributed by atoms with E-state index in [-0.39, 0.29) is 0 Å². The molecule has 0 fully saturated rings. The van der Waals surface area contributed by atoms with Crippen molar-refractivity contribution in [2.45, 2.75) is 39.8 Å². The summed E-state index contributed by atoms with van der Waals surface area (Å²) in [4.78, 5) is 6.68. The SMILES string of the molecule is CCC(C)N(CC)Cc1csc(N)n1. The van der Waals surface area contributed by atoms with Crippen molar-refractivity contribution in [1.29, 1.82) is 0 Å². The molecule has 0 saturated heterocycles. The van der Waals surface area contributed by atoms with Gasteiger partial charge >= 0.3 is 0 Å². The van der Waals surface area contributed by atoms with Crippen LogP contribution in [-0.4, -0.2) is 22.5 Å². The van der Waals surface area contributed by atoms with E-state index in [1.165, 1.54) is 17.8 Å². The lowest BCUT2D eigenvalue weighted by molar-refractivity contribution is 0.204. The summed E-state index contributed by atoms with van der Waals surface area (Å²) in [6.07, 6.45) is 1.17. The fourth-order valence-corrected chi connectivity index (χ4v) is 1.99. The van der Waals surface area contributed by atoms with Crippen LogP contribution in [0.25, 0.3) is 0 Å². The van der Waals surface area contributed by atoms with Gasteiger partial charge in [0.1, 0.15) is 0 Å². The van der Waals surface area contributed by atoms with E-state index in [1.54, 1.807) is 0 Å². The van der Waals surface area contributed by atoms with Gasteiger partial charge < -0.3 is 5.73 Å². The van der Waals surface area contributed by atoms with Crippen LogP contribution in [0.1, 0.15) is 32.9 Å². The zero-order chi connectivity index (χ0) is 10.6. The van der Waals surface area contributed by atoms with Crippen molar-refractivity contribution in [2.75, 3.05) is 12.3 Å². The molecule has 14 heavy (non-hydrogen) atoms. The maximum Gasteiger partial charge on any atom is 0.180 e. The molecule has 1 unspecified atom stereocenters. The van der Waals surface area contributed by atoms with Gasteiger partial charge in [-0.2, -0.15) is 0 Å². The van der Waals surface area contributed by atoms with E-state index in [1.807, 2.05) is 5.38 Å². The molecule has 1 rings (SSSR count). The smallest absolute Gasteiger partial charge is 0.180 e. The lowest BCUT2D eigenvalue weighted by atomic mass is 10.2. The van der Waals surface area contributed by atoms with Crippen LogP contribution in [0.5, 0.6) is 0 Å². The number of nitrogens with two attached hydrogens (primary N) is 1. The van der Waals surface area contributed by atoms with Crippen LogP contribution in [0, 0.1) is 0 Å². The van der Waals surface area contributed by atoms with Gasteiger partial charge in [-0.3, -0.25) is 4.90 Å². The van der Waals surface area contributed by atoms with Crippen LogP contribution < -0.4 is 5.73 Å². The normalized spacial score (nSPS) is 13.4. The summed E-state index contributed by atoms with van der Waals surface area (Å²) >= 11 is 1.52. The Labute approximate surface area is 89.9 Å². The molecule has 3 nitrogen and oxygen atoms in total. The number of hydrogen-bond acceptors (Lipinski definition) is 4. The van der Waals surface area contributed by atoms with Crippen molar-refractivity contribution in [3.05, 3.63) is 11.1 Å². The third-order valence-electron chi connectivity index (χ3n) is 2.55. The van der Waals surface area contributed by atoms with Gasteiger partial charge in [0, 0.05) is 18.0 Å². The van der Waals surface area contributed by atoms with Gasteiger partial charge in [0.15, 0.2) is 5.13 Å². The van der Waals surface area contributed by atoms with Gasteiger partial charge in [0.25, 0.3) is 0 Å². The molecule has 0 spiro atoms. The average Bonchev–Trinajstić information content (AvgIpc) is 2.59. The van der Waals surface area contributed by atoms with Crippen molar-refractivity contribution in [1.82, 2.24) is 9.88 Å². The molecule has 0 aliphatic rings. The Bertz CT molecular complexity index is 272. The third-order valence-corrected chi connectivity index (χ3v) is 3.28. The highest BCUT2D eigenvalue weighted by atomic mass is 32.1. The molecule has 2 N–H and O–H groups in total. The summed E-state index contributed by atoms with van der Waals surface area (Å²) in [5, 5.41) is 2.71. The second kappa shape index (κ2) is 5.32. The van der Waals surface area contributed by atoms with Crippen molar-refractivity contribution in [3.63, 3.8) is 0 Å². The largest absolute Gasteiger partial charge is 0.375 e. The maximum absolute atomic E-state index is 5.59. The molecule has 0 aliphatic carbocycles. The number of thiazole rings is 1. The second-order valence-corrected chi connectivity index (χ2v) is 4.39. The first-order valence-electron chi connectivity index (χ1n) is 5.11. The predicted molar refractivity (Wildman–Crippen MR) is 62.4 cm³/mol. The van der Waals surface area contributed by atoms with Gasteiger partial charge in [0.2, 0.25) is 0 Å². The monoisotopic (exact) mass is 213 g/mol. The molecule has 0 saturated carbocycles. The van der Waals surface area contributed by atoms with Crippen molar-refractivity contribution in [3.8, 4) is 0 Å². The van der Waals surface area contributed by atoms with E-state index < -0.39 is 0 Å². The Hall–Kier alpha value is -0.610. The quantitative estimate of drug-likeness (QED) is 0.816. The van der Waals surface area contributed by atoms with Crippen LogP contribution >= 0.6 is 11.3 Å². The minimum atomic E-state index is 0.614. The fraction of sp³-hybridized carbons (Fsp3) is 0.700. The Kier molecular flexibility index (Phi) is 4.35. The number of aromatic nitrogens is 1. The van der Waals surface area contributed by atoms with Crippen LogP contribution in [0.15, 0.2) is 5.38 Å². The fourth-order valence-electron chi connectivity index (χ4n) is 1.44. The molecule has 80 valence electrons. The van der Waals surface area contributed by atoms with Gasteiger partial charge in [-0.1, -0.05) is 13.8 Å². The number of hydrogen-bond donors (Lipinski definition) is 1. The summed E-state index contributed by atoms with van der Waals surface area (Å²) in [5.41, 5.74) is 6.69. The first-order valence-corrected chi connectivity index (χ1v) is 5.99. The Morgan fingerprint density at radius 1 is 1.57 bits per heavy atom. The van der Waals surface area contributed by atoms with Gasteiger partial charge in [0.05, 0.1) is 5.69 Å². The van der Waals surface area contributed by atoms with Crippen LogP contribution in [-0.2, 0) is 6.54 Å². The first-order chi connectivity index (χ1) is 6.67. The molecule has 1 heterocycles. The lowest BCUT2D eigenvalue weighted by Gasteiger charge is -2.25. The average molecular weight is 213 g/mol. The van der Waals surface area contributed by atoms with Crippen molar-refractivity contribution < 1.29 is 0 Å². The molecule has 1 aromatic heterocycles. The van der Waals surface area contributed by atoms with E-state index in [0.717, 1.165) is 18.8 Å². The van der Waals surface area contributed by atoms with E-state index in [9.17, 15) is 0 Å². The second-order valence-electron chi connectivity index (χ2n) is 3.50. The summed E-state index contributed by atoms with van der Waals surface area (Å²) in [6, 6.07) is 0.614. The Morgan fingerprint density at radius 3 is 2.71 bits per heavy atom. The lowest BCUT2D eigenvalue weighted by Crippen LogP contribution is -2.31. The number of anilines is 1. The third kappa shape index (κ3) is 2.96. The highest BCUT2D eigenvalue weighted by Gasteiger charge is 2.11. The van der Waals surface area contributed by atoms with Crippen molar-refractivity contribution >= 4 is 16.5 Å². The van der Waals surface area contributed by atoms with E-state index in [0.29, 0.717) is 11.2 Å². The molecular weight excluding hydrogens is 194 g/mol. The van der Waals surface area contributed by atoms with E-state index in [2.05, 4.69) is 30.7 Å². The summed E-state index contributed by atoms with van der Waals surface area (Å²) < 4.78 is 0. The molecule has 0 radical (unpaired) electrons. The van der Waals surface area contributed by atoms with Crippen LogP contribution in [0.3, 0.4) is 0 Å². The van der Waals surface area contributed by atoms with Crippen molar-refractivity contribution in [2.24, 2.45) is 0 Å². The molecule has 1 atom stereocenters. The number of nitrogen functional groups attached to an aromatic ring is 1. The molecule has 0 aromatic carbocycles. The molecule has 0 bridgehead atoms. The minimum absolute atomic E-state index is 0.614. The van der Waals surface area contributed by atoms with Gasteiger partial charge in [-0.25, -0.2) is 4.98 Å². The van der Waals surface area contributed by atoms with Crippen LogP contribution in [0.4, 0.5) is 5.13 Å². The van der Waals surface area contributed by atoms with Gasteiger partial charge in [-0.15, -0.1) is 11.3 Å². The summed E-state index contributed by atoms with van der Waals surface area (Å²) in [6.45, 7) is 8.62. The Morgan fingerprint density at radius 2 is 2.29 bits per heavy atom. The maximum atomic E-state index is 5.59. The van der Waals surface area contributed by atoms with Gasteiger partial charge in [-0.05, 0) is 19.9 Å². The number of nitrogens with zero attached hydrogens (tertiary/aromatic N) is 2. The topological polar surface area (TPSA) is 42.1 Å². The van der Waals surface area contributed by atoms with E-state index >= 15 is 0 Å². The Balaban J connectivity index is 2.56. The highest BCUT2D eigenvalue weighted by molar-refractivity contribution is 7.13. The molecule has 0 amide bonds.